The molecular formula is C20H21N7O3S. The molecule has 0 unspecified atom stereocenters. The minimum Gasteiger partial charge on any atom is -0.378 e. The van der Waals surface area contributed by atoms with Gasteiger partial charge in [-0.25, -0.2) is 14.6 Å². The number of hydrogen-bond donors (Lipinski definition) is 1. The molecule has 3 aromatic heterocycles. The molecule has 0 bridgehead atoms. The predicted octanol–water partition coefficient (Wildman–Crippen LogP) is 0.856. The largest absolute Gasteiger partial charge is 0.378 e. The SMILES string of the molecule is O=C(Cn1sc(=O)c2ccccc21)NCCn1ncc2c(N3CCOCC3)ncnc21. The molecule has 1 aliphatic heterocycles. The quantitative estimate of drug-likeness (QED) is 0.475. The van der Waals surface area contributed by atoms with Crippen LogP contribution in [0.2, 0.25) is 0 Å². The lowest BCUT2D eigenvalue weighted by atomic mass is 10.2. The number of amides is 1. The fourth-order valence-electron chi connectivity index (χ4n) is 3.74. The molecule has 5 rings (SSSR count). The van der Waals surface area contributed by atoms with Crippen LogP contribution in [0.3, 0.4) is 0 Å². The standard InChI is InChI=1S/C20H21N7O3S/c28-17(12-27-16-4-2-1-3-14(16)20(29)31-27)21-5-6-26-19-15(11-24-26)18(22-13-23-19)25-7-9-30-10-8-25/h1-4,11,13H,5-10,12H2,(H,21,28). The highest BCUT2D eigenvalue weighted by molar-refractivity contribution is 7.05. The van der Waals surface area contributed by atoms with Crippen molar-refractivity contribution in [3.05, 3.63) is 46.3 Å². The Hall–Kier alpha value is -3.31. The van der Waals surface area contributed by atoms with E-state index in [9.17, 15) is 9.59 Å². The van der Waals surface area contributed by atoms with E-state index in [-0.39, 0.29) is 17.2 Å². The maximum atomic E-state index is 12.4. The fourth-order valence-corrected chi connectivity index (χ4v) is 4.65. The monoisotopic (exact) mass is 439 g/mol. The van der Waals surface area contributed by atoms with Gasteiger partial charge in [0.15, 0.2) is 5.65 Å². The topological polar surface area (TPSA) is 107 Å². The Morgan fingerprint density at radius 2 is 2.00 bits per heavy atom. The lowest BCUT2D eigenvalue weighted by Crippen LogP contribution is -2.36. The zero-order valence-corrected chi connectivity index (χ0v) is 17.5. The van der Waals surface area contributed by atoms with Crippen LogP contribution in [-0.4, -0.2) is 62.5 Å². The predicted molar refractivity (Wildman–Crippen MR) is 117 cm³/mol. The molecule has 1 amide bonds. The van der Waals surface area contributed by atoms with Crippen LogP contribution in [0.1, 0.15) is 0 Å². The third-order valence-electron chi connectivity index (χ3n) is 5.24. The second kappa shape index (κ2) is 8.44. The van der Waals surface area contributed by atoms with Crippen LogP contribution in [0.15, 0.2) is 41.6 Å². The van der Waals surface area contributed by atoms with Crippen LogP contribution in [0, 0.1) is 0 Å². The first kappa shape index (κ1) is 19.6. The number of nitrogens with one attached hydrogen (secondary N) is 1. The normalized spacial score (nSPS) is 14.4. The van der Waals surface area contributed by atoms with E-state index in [1.807, 2.05) is 18.2 Å². The molecule has 0 spiro atoms. The number of rotatable bonds is 6. The van der Waals surface area contributed by atoms with Crippen molar-refractivity contribution in [1.82, 2.24) is 29.0 Å². The van der Waals surface area contributed by atoms with Crippen LogP contribution < -0.4 is 15.0 Å². The molecule has 160 valence electrons. The Morgan fingerprint density at radius 1 is 1.16 bits per heavy atom. The first-order valence-corrected chi connectivity index (χ1v) is 10.8. The molecule has 4 heterocycles. The summed E-state index contributed by atoms with van der Waals surface area (Å²) in [6.07, 6.45) is 3.31. The average Bonchev–Trinajstić information content (AvgIpc) is 3.36. The molecule has 10 nitrogen and oxygen atoms in total. The van der Waals surface area contributed by atoms with Crippen LogP contribution in [0.4, 0.5) is 5.82 Å². The van der Waals surface area contributed by atoms with Crippen molar-refractivity contribution in [1.29, 1.82) is 0 Å². The number of ether oxygens (including phenoxy) is 1. The van der Waals surface area contributed by atoms with Gasteiger partial charge in [0.05, 0.1) is 42.2 Å². The van der Waals surface area contributed by atoms with Gasteiger partial charge in [-0.1, -0.05) is 12.1 Å². The summed E-state index contributed by atoms with van der Waals surface area (Å²) in [5.41, 5.74) is 1.51. The Bertz CT molecular complexity index is 1290. The molecule has 1 aliphatic rings. The van der Waals surface area contributed by atoms with Crippen LogP contribution in [0.5, 0.6) is 0 Å². The minimum absolute atomic E-state index is 0.0397. The lowest BCUT2D eigenvalue weighted by Gasteiger charge is -2.27. The summed E-state index contributed by atoms with van der Waals surface area (Å²) < 4.78 is 8.87. The third-order valence-corrected chi connectivity index (χ3v) is 6.17. The van der Waals surface area contributed by atoms with Crippen molar-refractivity contribution < 1.29 is 9.53 Å². The number of hydrogen-bond acceptors (Lipinski definition) is 8. The van der Waals surface area contributed by atoms with E-state index in [0.29, 0.717) is 31.7 Å². The van der Waals surface area contributed by atoms with Gasteiger partial charge in [0, 0.05) is 19.6 Å². The summed E-state index contributed by atoms with van der Waals surface area (Å²) >= 11 is 1.06. The molecule has 1 saturated heterocycles. The molecule has 0 radical (unpaired) electrons. The number of aromatic nitrogens is 5. The summed E-state index contributed by atoms with van der Waals surface area (Å²) in [5, 5.41) is 8.86. The highest BCUT2D eigenvalue weighted by Gasteiger charge is 2.18. The lowest BCUT2D eigenvalue weighted by molar-refractivity contribution is -0.121. The van der Waals surface area contributed by atoms with E-state index in [1.165, 1.54) is 0 Å². The van der Waals surface area contributed by atoms with E-state index in [4.69, 9.17) is 4.74 Å². The molecule has 0 aliphatic carbocycles. The Balaban J connectivity index is 1.24. The van der Waals surface area contributed by atoms with Gasteiger partial charge in [-0.2, -0.15) is 5.10 Å². The number of anilines is 1. The summed E-state index contributed by atoms with van der Waals surface area (Å²) in [6, 6.07) is 7.31. The molecule has 0 atom stereocenters. The molecule has 11 heteroatoms. The maximum absolute atomic E-state index is 12.4. The number of fused-ring (bicyclic) bond motifs is 2. The molecule has 1 N–H and O–H groups in total. The highest BCUT2D eigenvalue weighted by Crippen LogP contribution is 2.23. The maximum Gasteiger partial charge on any atom is 0.257 e. The molecule has 4 aromatic rings. The number of carbonyl (C=O) groups is 1. The van der Waals surface area contributed by atoms with Gasteiger partial charge in [0.25, 0.3) is 4.74 Å². The van der Waals surface area contributed by atoms with E-state index in [2.05, 4.69) is 25.3 Å². The van der Waals surface area contributed by atoms with Gasteiger partial charge < -0.3 is 15.0 Å². The van der Waals surface area contributed by atoms with Gasteiger partial charge in [-0.05, 0) is 23.7 Å². The van der Waals surface area contributed by atoms with E-state index >= 15 is 0 Å². The van der Waals surface area contributed by atoms with Crippen molar-refractivity contribution >= 4 is 45.2 Å². The van der Waals surface area contributed by atoms with E-state index in [0.717, 1.165) is 47.0 Å². The van der Waals surface area contributed by atoms with Crippen LogP contribution in [0.25, 0.3) is 21.9 Å². The van der Waals surface area contributed by atoms with E-state index < -0.39 is 0 Å². The number of benzene rings is 1. The van der Waals surface area contributed by atoms with Gasteiger partial charge in [-0.15, -0.1) is 0 Å². The first-order valence-electron chi connectivity index (χ1n) is 10.1. The first-order chi connectivity index (χ1) is 15.2. The second-order valence-corrected chi connectivity index (χ2v) is 8.18. The molecule has 1 aromatic carbocycles. The van der Waals surface area contributed by atoms with Crippen molar-refractivity contribution in [2.45, 2.75) is 13.1 Å². The fraction of sp³-hybridized carbons (Fsp3) is 0.350. The summed E-state index contributed by atoms with van der Waals surface area (Å²) in [4.78, 5) is 35.5. The summed E-state index contributed by atoms with van der Waals surface area (Å²) in [6.45, 7) is 3.92. The van der Waals surface area contributed by atoms with Gasteiger partial charge >= 0.3 is 0 Å². The molecule has 1 fully saturated rings. The second-order valence-electron chi connectivity index (χ2n) is 7.18. The van der Waals surface area contributed by atoms with Crippen molar-refractivity contribution in [2.75, 3.05) is 37.7 Å². The molecular weight excluding hydrogens is 418 g/mol. The molecule has 0 saturated carbocycles. The van der Waals surface area contributed by atoms with Crippen molar-refractivity contribution in [3.8, 4) is 0 Å². The smallest absolute Gasteiger partial charge is 0.257 e. The number of carbonyl (C=O) groups excluding carboxylic acids is 1. The van der Waals surface area contributed by atoms with Gasteiger partial charge in [0.2, 0.25) is 5.91 Å². The average molecular weight is 440 g/mol. The van der Waals surface area contributed by atoms with E-state index in [1.54, 1.807) is 27.2 Å². The van der Waals surface area contributed by atoms with Crippen molar-refractivity contribution in [3.63, 3.8) is 0 Å². The third kappa shape index (κ3) is 3.89. The molecule has 31 heavy (non-hydrogen) atoms. The Labute approximate surface area is 181 Å². The highest BCUT2D eigenvalue weighted by atomic mass is 32.1. The Morgan fingerprint density at radius 3 is 2.87 bits per heavy atom. The zero-order valence-electron chi connectivity index (χ0n) is 16.7. The van der Waals surface area contributed by atoms with Gasteiger partial charge in [-0.3, -0.25) is 13.5 Å². The van der Waals surface area contributed by atoms with Gasteiger partial charge in [0.1, 0.15) is 18.7 Å². The number of morpholine rings is 1. The summed E-state index contributed by atoms with van der Waals surface area (Å²) in [5.74, 6) is 0.704. The Kier molecular flexibility index (Phi) is 5.35. The number of para-hydroxylation sites is 1. The van der Waals surface area contributed by atoms with Crippen LogP contribution in [-0.2, 0) is 22.6 Å². The summed E-state index contributed by atoms with van der Waals surface area (Å²) in [7, 11) is 0. The van der Waals surface area contributed by atoms with Crippen LogP contribution >= 0.6 is 11.5 Å². The number of nitrogens with zero attached hydrogens (tertiary/aromatic N) is 6. The minimum atomic E-state index is -0.155. The zero-order chi connectivity index (χ0) is 21.2. The van der Waals surface area contributed by atoms with Crippen molar-refractivity contribution in [2.24, 2.45) is 0 Å².